The van der Waals surface area contributed by atoms with E-state index in [1.807, 2.05) is 17.8 Å². The molecular formula is C25H24F2N6O. The lowest BCUT2D eigenvalue weighted by Gasteiger charge is -2.28. The molecule has 0 N–H and O–H groups in total. The molecule has 1 aliphatic carbocycles. The Bertz CT molecular complexity index is 1490. The summed E-state index contributed by atoms with van der Waals surface area (Å²) in [5.41, 5.74) is 3.00. The van der Waals surface area contributed by atoms with E-state index in [0.717, 1.165) is 24.5 Å². The van der Waals surface area contributed by atoms with E-state index in [9.17, 15) is 8.78 Å². The van der Waals surface area contributed by atoms with E-state index in [4.69, 9.17) is 7.48 Å². The third-order valence-corrected chi connectivity index (χ3v) is 6.48. The smallest absolute Gasteiger partial charge is 0.182 e. The zero-order valence-corrected chi connectivity index (χ0v) is 18.8. The Hall–Kier alpha value is -3.33. The maximum Gasteiger partial charge on any atom is 0.182 e. The highest BCUT2D eigenvalue weighted by Crippen LogP contribution is 2.40. The summed E-state index contributed by atoms with van der Waals surface area (Å²) in [6, 6.07) is 3.70. The van der Waals surface area contributed by atoms with Gasteiger partial charge in [-0.25, -0.2) is 28.7 Å². The number of nitrogens with zero attached hydrogens (tertiary/aromatic N) is 6. The molecule has 1 aromatic carbocycles. The quantitative estimate of drug-likeness (QED) is 0.416. The van der Waals surface area contributed by atoms with Crippen LogP contribution in [0.3, 0.4) is 0 Å². The van der Waals surface area contributed by atoms with Crippen LogP contribution in [0.2, 0.25) is 0 Å². The van der Waals surface area contributed by atoms with Gasteiger partial charge in [0.15, 0.2) is 5.65 Å². The summed E-state index contributed by atoms with van der Waals surface area (Å²) in [6.07, 6.45) is 5.72. The zero-order valence-electron chi connectivity index (χ0n) is 20.8. The molecule has 6 rings (SSSR count). The Morgan fingerprint density at radius 1 is 1.06 bits per heavy atom. The molecule has 1 saturated heterocycles. The van der Waals surface area contributed by atoms with Gasteiger partial charge in [-0.1, -0.05) is 0 Å². The molecule has 0 spiro atoms. The molecule has 2 aliphatic rings. The van der Waals surface area contributed by atoms with Gasteiger partial charge in [-0.15, -0.1) is 0 Å². The van der Waals surface area contributed by atoms with E-state index in [1.165, 1.54) is 12.1 Å². The van der Waals surface area contributed by atoms with Gasteiger partial charge in [0.1, 0.15) is 28.7 Å². The summed E-state index contributed by atoms with van der Waals surface area (Å²) in [7, 11) is 0. The number of ether oxygens (including phenoxy) is 1. The van der Waals surface area contributed by atoms with Crippen LogP contribution < -0.4 is 0 Å². The average molecular weight is 465 g/mol. The molecule has 0 bridgehead atoms. The molecule has 4 heterocycles. The van der Waals surface area contributed by atoms with Gasteiger partial charge in [-0.05, 0) is 51.7 Å². The molecule has 0 amide bonds. The largest absolute Gasteiger partial charge is 0.373 e. The van der Waals surface area contributed by atoms with Gasteiger partial charge >= 0.3 is 0 Å². The van der Waals surface area contributed by atoms with Crippen LogP contribution >= 0.6 is 0 Å². The highest BCUT2D eigenvalue weighted by Gasteiger charge is 2.31. The number of halogens is 2. The van der Waals surface area contributed by atoms with Crippen molar-refractivity contribution in [2.75, 3.05) is 6.56 Å². The van der Waals surface area contributed by atoms with Crippen molar-refractivity contribution in [3.63, 3.8) is 0 Å². The first-order valence-corrected chi connectivity index (χ1v) is 11.4. The SMILES string of the molecule is [2H]C1([2H])C[C@H](c2nc(-c3ccc(F)cc3F)c3nc(C)c(C)nc3n2)C[C@@H](c2cnn(C3CC3)c2)O1. The predicted octanol–water partition coefficient (Wildman–Crippen LogP) is 5.15. The van der Waals surface area contributed by atoms with Gasteiger partial charge < -0.3 is 4.74 Å². The van der Waals surface area contributed by atoms with Crippen molar-refractivity contribution in [3.05, 3.63) is 65.0 Å². The Morgan fingerprint density at radius 3 is 2.68 bits per heavy atom. The molecule has 0 radical (unpaired) electrons. The maximum atomic E-state index is 14.9. The van der Waals surface area contributed by atoms with E-state index in [2.05, 4.69) is 25.0 Å². The second-order valence-electron chi connectivity index (χ2n) is 8.99. The standard InChI is InChI=1S/C25H24F2N6O/c1-13-14(2)30-25-23(29-13)22(19-6-3-17(26)10-20(19)27)31-24(32-25)15-7-8-34-21(9-15)16-11-28-33(12-16)18-4-5-18/h3,6,10-12,15,18,21H,4-5,7-9H2,1-2H3/t15-,21-/m0/s1/i8D2. The third-order valence-electron chi connectivity index (χ3n) is 6.48. The molecular weight excluding hydrogens is 438 g/mol. The van der Waals surface area contributed by atoms with Gasteiger partial charge in [0.05, 0.1) is 32.5 Å². The van der Waals surface area contributed by atoms with Crippen LogP contribution in [-0.2, 0) is 4.74 Å². The lowest BCUT2D eigenvalue weighted by Crippen LogP contribution is -2.20. The van der Waals surface area contributed by atoms with Crippen LogP contribution in [0.4, 0.5) is 8.78 Å². The van der Waals surface area contributed by atoms with Crippen molar-refractivity contribution in [3.8, 4) is 11.3 Å². The van der Waals surface area contributed by atoms with Gasteiger partial charge in [0.25, 0.3) is 0 Å². The fraction of sp³-hybridized carbons (Fsp3) is 0.400. The van der Waals surface area contributed by atoms with Gasteiger partial charge in [0, 0.05) is 35.9 Å². The van der Waals surface area contributed by atoms with E-state index < -0.39 is 30.2 Å². The summed E-state index contributed by atoms with van der Waals surface area (Å²) >= 11 is 0. The third kappa shape index (κ3) is 3.83. The normalized spacial score (nSPS) is 23.1. The predicted molar refractivity (Wildman–Crippen MR) is 121 cm³/mol. The van der Waals surface area contributed by atoms with Crippen LogP contribution in [-0.4, -0.2) is 36.3 Å². The van der Waals surface area contributed by atoms with Crippen molar-refractivity contribution >= 4 is 11.2 Å². The van der Waals surface area contributed by atoms with Crippen molar-refractivity contribution in [1.82, 2.24) is 29.7 Å². The van der Waals surface area contributed by atoms with Crippen molar-refractivity contribution < 1.29 is 16.3 Å². The highest BCUT2D eigenvalue weighted by molar-refractivity contribution is 5.87. The van der Waals surface area contributed by atoms with Crippen LogP contribution in [0.1, 0.15) is 69.3 Å². The Balaban J connectivity index is 1.45. The second kappa shape index (κ2) is 8.16. The molecule has 0 unspecified atom stereocenters. The summed E-state index contributed by atoms with van der Waals surface area (Å²) in [5.74, 6) is -1.57. The number of rotatable bonds is 4. The molecule has 1 aliphatic heterocycles. The summed E-state index contributed by atoms with van der Waals surface area (Å²) < 4.78 is 53.0. The number of hydrogen-bond acceptors (Lipinski definition) is 6. The molecule has 174 valence electrons. The Kier molecular flexibility index (Phi) is 4.57. The lowest BCUT2D eigenvalue weighted by molar-refractivity contribution is 0.00396. The summed E-state index contributed by atoms with van der Waals surface area (Å²) in [5, 5.41) is 4.42. The monoisotopic (exact) mass is 464 g/mol. The number of benzene rings is 1. The van der Waals surface area contributed by atoms with Crippen molar-refractivity contribution in [2.45, 2.75) is 57.6 Å². The van der Waals surface area contributed by atoms with Gasteiger partial charge in [-0.3, -0.25) is 4.68 Å². The molecule has 4 aromatic rings. The Morgan fingerprint density at radius 2 is 1.88 bits per heavy atom. The molecule has 2 atom stereocenters. The first kappa shape index (κ1) is 19.0. The first-order chi connectivity index (χ1) is 17.2. The highest BCUT2D eigenvalue weighted by atomic mass is 19.1. The number of aryl methyl sites for hydroxylation is 2. The molecule has 34 heavy (non-hydrogen) atoms. The van der Waals surface area contributed by atoms with Gasteiger partial charge in [-0.2, -0.15) is 5.10 Å². The number of fused-ring (bicyclic) bond motifs is 1. The van der Waals surface area contributed by atoms with Crippen LogP contribution in [0.15, 0.2) is 30.6 Å². The maximum absolute atomic E-state index is 14.9. The topological polar surface area (TPSA) is 78.6 Å². The molecule has 7 nitrogen and oxygen atoms in total. The molecule has 3 aromatic heterocycles. The zero-order chi connectivity index (χ0) is 25.2. The first-order valence-electron chi connectivity index (χ1n) is 12.4. The minimum absolute atomic E-state index is 0.0232. The summed E-state index contributed by atoms with van der Waals surface area (Å²) in [4.78, 5) is 18.4. The fourth-order valence-corrected chi connectivity index (χ4v) is 4.28. The van der Waals surface area contributed by atoms with E-state index in [1.54, 1.807) is 13.1 Å². The fourth-order valence-electron chi connectivity index (χ4n) is 4.28. The number of aromatic nitrogens is 6. The van der Waals surface area contributed by atoms with Gasteiger partial charge in [0.2, 0.25) is 0 Å². The molecule has 9 heteroatoms. The summed E-state index contributed by atoms with van der Waals surface area (Å²) in [6.45, 7) is 1.67. The minimum Gasteiger partial charge on any atom is -0.373 e. The lowest BCUT2D eigenvalue weighted by atomic mass is 9.92. The second-order valence-corrected chi connectivity index (χ2v) is 8.99. The Labute approximate surface area is 198 Å². The van der Waals surface area contributed by atoms with E-state index >= 15 is 0 Å². The molecule has 2 fully saturated rings. The average Bonchev–Trinajstić information content (AvgIpc) is 3.55. The minimum atomic E-state index is -1.93. The van der Waals surface area contributed by atoms with E-state index in [0.29, 0.717) is 35.2 Å². The van der Waals surface area contributed by atoms with Crippen molar-refractivity contribution in [2.24, 2.45) is 0 Å². The van der Waals surface area contributed by atoms with E-state index in [-0.39, 0.29) is 23.3 Å². The van der Waals surface area contributed by atoms with Crippen LogP contribution in [0, 0.1) is 25.5 Å². The van der Waals surface area contributed by atoms with Crippen molar-refractivity contribution in [1.29, 1.82) is 0 Å². The van der Waals surface area contributed by atoms with Crippen LogP contribution in [0.5, 0.6) is 0 Å². The molecule has 1 saturated carbocycles. The number of hydrogen-bond donors (Lipinski definition) is 0. The van der Waals surface area contributed by atoms with Crippen LogP contribution in [0.25, 0.3) is 22.4 Å².